The topological polar surface area (TPSA) is 23.6 Å². The monoisotopic (exact) mass is 342 g/mol. The van der Waals surface area contributed by atoms with Crippen LogP contribution in [0.25, 0.3) is 0 Å². The number of piperazine rings is 1. The van der Waals surface area contributed by atoms with Crippen molar-refractivity contribution >= 4 is 33.6 Å². The van der Waals surface area contributed by atoms with Crippen LogP contribution in [0.1, 0.15) is 5.56 Å². The first-order valence-corrected chi connectivity index (χ1v) is 8.38. The van der Waals surface area contributed by atoms with Crippen LogP contribution in [0.2, 0.25) is 0 Å². The molecular weight excluding hydrogens is 324 g/mol. The summed E-state index contributed by atoms with van der Waals surface area (Å²) in [5.41, 5.74) is 1.26. The zero-order valence-electron chi connectivity index (χ0n) is 11.1. The molecule has 3 nitrogen and oxygen atoms in total. The van der Waals surface area contributed by atoms with Crippen molar-refractivity contribution in [2.24, 2.45) is 0 Å². The van der Waals surface area contributed by atoms with Crippen molar-refractivity contribution in [3.63, 3.8) is 0 Å². The van der Waals surface area contributed by atoms with Crippen molar-refractivity contribution < 1.29 is 4.79 Å². The van der Waals surface area contributed by atoms with E-state index < -0.39 is 0 Å². The van der Waals surface area contributed by atoms with E-state index in [1.54, 1.807) is 11.8 Å². The maximum absolute atomic E-state index is 12.0. The number of carbonyl (C=O) groups is 1. The van der Waals surface area contributed by atoms with Crippen molar-refractivity contribution in [2.45, 2.75) is 5.75 Å². The molecule has 0 unspecified atom stereocenters. The Balaban J connectivity index is 1.72. The van der Waals surface area contributed by atoms with Gasteiger partial charge in [0.25, 0.3) is 0 Å². The highest BCUT2D eigenvalue weighted by Crippen LogP contribution is 2.17. The number of hydrogen-bond donors (Lipinski definition) is 0. The molecule has 0 bridgehead atoms. The third-order valence-electron chi connectivity index (χ3n) is 3.24. The predicted molar refractivity (Wildman–Crippen MR) is 84.4 cm³/mol. The molecule has 1 fully saturated rings. The molecule has 1 aliphatic rings. The molecule has 1 heterocycles. The van der Waals surface area contributed by atoms with Crippen LogP contribution in [0.3, 0.4) is 0 Å². The number of thioether (sulfide) groups is 1. The van der Waals surface area contributed by atoms with Crippen LogP contribution in [0.5, 0.6) is 0 Å². The first-order valence-electron chi connectivity index (χ1n) is 6.43. The molecule has 0 saturated carbocycles. The number of halogens is 1. The lowest BCUT2D eigenvalue weighted by atomic mass is 10.2. The molecule has 0 N–H and O–H groups in total. The highest BCUT2D eigenvalue weighted by atomic mass is 79.9. The molecule has 19 heavy (non-hydrogen) atoms. The second-order valence-electron chi connectivity index (χ2n) is 4.81. The molecule has 1 amide bonds. The van der Waals surface area contributed by atoms with Gasteiger partial charge >= 0.3 is 0 Å². The van der Waals surface area contributed by atoms with Gasteiger partial charge in [0, 0.05) is 36.4 Å². The highest BCUT2D eigenvalue weighted by Gasteiger charge is 2.18. The Hall–Kier alpha value is -0.520. The lowest BCUT2D eigenvalue weighted by molar-refractivity contribution is -0.129. The van der Waals surface area contributed by atoms with E-state index in [2.05, 4.69) is 40.0 Å². The lowest BCUT2D eigenvalue weighted by Crippen LogP contribution is -2.47. The van der Waals surface area contributed by atoms with Gasteiger partial charge in [-0.2, -0.15) is 0 Å². The van der Waals surface area contributed by atoms with Crippen LogP contribution >= 0.6 is 27.7 Å². The van der Waals surface area contributed by atoms with Crippen molar-refractivity contribution in [3.05, 3.63) is 34.3 Å². The van der Waals surface area contributed by atoms with Crippen molar-refractivity contribution in [2.75, 3.05) is 39.0 Å². The molecule has 1 aromatic carbocycles. The quantitative estimate of drug-likeness (QED) is 0.839. The SMILES string of the molecule is CN1CCN(C(=O)CSCc2cccc(Br)c2)CC1. The fourth-order valence-corrected chi connectivity index (χ4v) is 3.35. The van der Waals surface area contributed by atoms with E-state index in [0.717, 1.165) is 36.4 Å². The van der Waals surface area contributed by atoms with Crippen LogP contribution < -0.4 is 0 Å². The highest BCUT2D eigenvalue weighted by molar-refractivity contribution is 9.10. The van der Waals surface area contributed by atoms with E-state index >= 15 is 0 Å². The zero-order chi connectivity index (χ0) is 13.7. The van der Waals surface area contributed by atoms with Gasteiger partial charge < -0.3 is 9.80 Å². The molecule has 1 aromatic rings. The number of amides is 1. The number of rotatable bonds is 4. The summed E-state index contributed by atoms with van der Waals surface area (Å²) in [6.45, 7) is 3.71. The molecule has 0 atom stereocenters. The molecule has 5 heteroatoms. The Morgan fingerprint density at radius 3 is 2.74 bits per heavy atom. The summed E-state index contributed by atoms with van der Waals surface area (Å²) in [6.07, 6.45) is 0. The molecule has 1 aliphatic heterocycles. The van der Waals surface area contributed by atoms with Gasteiger partial charge in [0.1, 0.15) is 0 Å². The summed E-state index contributed by atoms with van der Waals surface area (Å²) in [6, 6.07) is 8.25. The third-order valence-corrected chi connectivity index (χ3v) is 4.72. The maximum atomic E-state index is 12.0. The van der Waals surface area contributed by atoms with Crippen LogP contribution in [-0.4, -0.2) is 54.7 Å². The molecule has 0 aromatic heterocycles. The van der Waals surface area contributed by atoms with Gasteiger partial charge in [-0.25, -0.2) is 0 Å². The van der Waals surface area contributed by atoms with E-state index in [9.17, 15) is 4.79 Å². The Kier molecular flexibility index (Phi) is 5.73. The summed E-state index contributed by atoms with van der Waals surface area (Å²) in [7, 11) is 2.10. The summed E-state index contributed by atoms with van der Waals surface area (Å²) in [5.74, 6) is 1.74. The number of benzene rings is 1. The second-order valence-corrected chi connectivity index (χ2v) is 6.71. The first kappa shape index (κ1) is 14.9. The lowest BCUT2D eigenvalue weighted by Gasteiger charge is -2.32. The Bertz CT molecular complexity index is 433. The molecule has 2 rings (SSSR count). The predicted octanol–water partition coefficient (Wildman–Crippen LogP) is 2.46. The van der Waals surface area contributed by atoms with Gasteiger partial charge in [-0.05, 0) is 24.7 Å². The van der Waals surface area contributed by atoms with Crippen molar-refractivity contribution in [1.29, 1.82) is 0 Å². The Morgan fingerprint density at radius 1 is 1.32 bits per heavy atom. The number of likely N-dealkylation sites (N-methyl/N-ethyl adjacent to an activating group) is 1. The molecule has 0 aliphatic carbocycles. The van der Waals surface area contributed by atoms with Crippen LogP contribution in [0.4, 0.5) is 0 Å². The minimum atomic E-state index is 0.271. The molecule has 1 saturated heterocycles. The van der Waals surface area contributed by atoms with Crippen LogP contribution in [-0.2, 0) is 10.5 Å². The van der Waals surface area contributed by atoms with Gasteiger partial charge in [-0.1, -0.05) is 28.1 Å². The molecule has 0 spiro atoms. The fraction of sp³-hybridized carbons (Fsp3) is 0.500. The van der Waals surface area contributed by atoms with Gasteiger partial charge in [0.2, 0.25) is 5.91 Å². The van der Waals surface area contributed by atoms with Gasteiger partial charge in [0.15, 0.2) is 0 Å². The molecule has 0 radical (unpaired) electrons. The third kappa shape index (κ3) is 4.82. The average Bonchev–Trinajstić information content (AvgIpc) is 2.39. The maximum Gasteiger partial charge on any atom is 0.232 e. The van der Waals surface area contributed by atoms with E-state index in [1.165, 1.54) is 5.56 Å². The minimum Gasteiger partial charge on any atom is -0.339 e. The fourth-order valence-electron chi connectivity index (χ4n) is 2.03. The second kappa shape index (κ2) is 7.31. The summed E-state index contributed by atoms with van der Waals surface area (Å²) >= 11 is 5.15. The van der Waals surface area contributed by atoms with Crippen molar-refractivity contribution in [3.8, 4) is 0 Å². The van der Waals surface area contributed by atoms with E-state index in [0.29, 0.717) is 5.75 Å². The van der Waals surface area contributed by atoms with Gasteiger partial charge in [-0.3, -0.25) is 4.79 Å². The smallest absolute Gasteiger partial charge is 0.232 e. The first-order chi connectivity index (χ1) is 9.15. The number of carbonyl (C=O) groups excluding carboxylic acids is 1. The minimum absolute atomic E-state index is 0.271. The summed E-state index contributed by atoms with van der Waals surface area (Å²) < 4.78 is 1.09. The molecular formula is C14H19BrN2OS. The normalized spacial score (nSPS) is 16.6. The van der Waals surface area contributed by atoms with E-state index in [1.807, 2.05) is 17.0 Å². The van der Waals surface area contributed by atoms with Crippen LogP contribution in [0, 0.1) is 0 Å². The standard InChI is InChI=1S/C14H19BrN2OS/c1-16-5-7-17(8-6-16)14(18)11-19-10-12-3-2-4-13(15)9-12/h2-4,9H,5-8,10-11H2,1H3. The Morgan fingerprint density at radius 2 is 2.05 bits per heavy atom. The number of hydrogen-bond acceptors (Lipinski definition) is 3. The zero-order valence-corrected chi connectivity index (χ0v) is 13.5. The molecule has 104 valence electrons. The summed E-state index contributed by atoms with van der Waals surface area (Å²) in [4.78, 5) is 16.3. The number of nitrogens with zero attached hydrogens (tertiary/aromatic N) is 2. The summed E-state index contributed by atoms with van der Waals surface area (Å²) in [5, 5.41) is 0. The average molecular weight is 343 g/mol. The van der Waals surface area contributed by atoms with Crippen molar-refractivity contribution in [1.82, 2.24) is 9.80 Å². The largest absolute Gasteiger partial charge is 0.339 e. The van der Waals surface area contributed by atoms with E-state index in [-0.39, 0.29) is 5.91 Å². The Labute approximate surface area is 127 Å². The van der Waals surface area contributed by atoms with E-state index in [4.69, 9.17) is 0 Å². The van der Waals surface area contributed by atoms with Gasteiger partial charge in [0.05, 0.1) is 5.75 Å². The van der Waals surface area contributed by atoms with Gasteiger partial charge in [-0.15, -0.1) is 11.8 Å². The van der Waals surface area contributed by atoms with Crippen LogP contribution in [0.15, 0.2) is 28.7 Å².